The van der Waals surface area contributed by atoms with Gasteiger partial charge in [-0.1, -0.05) is 6.92 Å². The smallest absolute Gasteiger partial charge is 0.158 e. The minimum absolute atomic E-state index is 0.0751. The molecule has 0 rings (SSSR count). The number of ether oxygens (including phenoxy) is 2. The molecular weight excluding hydrogens is 218 g/mol. The number of nitrogens with one attached hydrogen (secondary N) is 1. The molecule has 0 radical (unpaired) electrons. The predicted octanol–water partition coefficient (Wildman–Crippen LogP) is 1.77. The van der Waals surface area contributed by atoms with Crippen LogP contribution in [-0.2, 0) is 9.47 Å². The molecule has 104 valence electrons. The molecule has 4 nitrogen and oxygen atoms in total. The molecular formula is C13H29NO3. The van der Waals surface area contributed by atoms with E-state index in [2.05, 4.69) is 12.2 Å². The Morgan fingerprint density at radius 3 is 2.24 bits per heavy atom. The molecule has 0 fully saturated rings. The van der Waals surface area contributed by atoms with Crippen LogP contribution in [0, 0.1) is 5.92 Å². The van der Waals surface area contributed by atoms with Crippen LogP contribution in [0.4, 0.5) is 0 Å². The third-order valence-electron chi connectivity index (χ3n) is 2.62. The normalized spacial score (nSPS) is 13.2. The summed E-state index contributed by atoms with van der Waals surface area (Å²) < 4.78 is 10.9. The maximum Gasteiger partial charge on any atom is 0.158 e. The van der Waals surface area contributed by atoms with E-state index in [1.54, 1.807) is 0 Å². The number of rotatable bonds is 12. The highest BCUT2D eigenvalue weighted by atomic mass is 16.7. The fraction of sp³-hybridized carbons (Fsp3) is 1.00. The van der Waals surface area contributed by atoms with E-state index in [4.69, 9.17) is 14.6 Å². The van der Waals surface area contributed by atoms with E-state index in [1.807, 2.05) is 13.8 Å². The third-order valence-corrected chi connectivity index (χ3v) is 2.62. The van der Waals surface area contributed by atoms with Crippen LogP contribution in [0.25, 0.3) is 0 Å². The van der Waals surface area contributed by atoms with Crippen LogP contribution in [0.5, 0.6) is 0 Å². The number of aliphatic hydroxyl groups is 1. The van der Waals surface area contributed by atoms with Gasteiger partial charge in [-0.05, 0) is 45.7 Å². The van der Waals surface area contributed by atoms with Crippen molar-refractivity contribution in [3.63, 3.8) is 0 Å². The fourth-order valence-corrected chi connectivity index (χ4v) is 1.60. The zero-order chi connectivity index (χ0) is 12.9. The summed E-state index contributed by atoms with van der Waals surface area (Å²) in [5.41, 5.74) is 0. The van der Waals surface area contributed by atoms with E-state index < -0.39 is 0 Å². The Bertz CT molecular complexity index is 150. The minimum atomic E-state index is -0.0751. The number of hydrogen-bond acceptors (Lipinski definition) is 4. The van der Waals surface area contributed by atoms with Crippen LogP contribution in [0.1, 0.15) is 40.0 Å². The lowest BCUT2D eigenvalue weighted by Crippen LogP contribution is -2.25. The lowest BCUT2D eigenvalue weighted by molar-refractivity contribution is -0.138. The van der Waals surface area contributed by atoms with Crippen LogP contribution < -0.4 is 5.32 Å². The molecule has 0 amide bonds. The standard InChI is InChI=1S/C13H29NO3/c1-4-16-13(17-5-2)8-10-14-9-6-7-12(3)11-15/h12-15H,4-11H2,1-3H3. The van der Waals surface area contributed by atoms with Crippen molar-refractivity contribution in [2.24, 2.45) is 5.92 Å². The molecule has 0 saturated heterocycles. The monoisotopic (exact) mass is 247 g/mol. The van der Waals surface area contributed by atoms with E-state index in [0.29, 0.717) is 19.1 Å². The first-order valence-electron chi connectivity index (χ1n) is 6.79. The lowest BCUT2D eigenvalue weighted by atomic mass is 10.1. The highest BCUT2D eigenvalue weighted by Gasteiger charge is 2.06. The van der Waals surface area contributed by atoms with Gasteiger partial charge in [0.05, 0.1) is 0 Å². The summed E-state index contributed by atoms with van der Waals surface area (Å²) in [5, 5.41) is 12.2. The van der Waals surface area contributed by atoms with Crippen LogP contribution in [0.2, 0.25) is 0 Å². The Labute approximate surface area is 106 Å². The summed E-state index contributed by atoms with van der Waals surface area (Å²) in [6, 6.07) is 0. The second-order valence-corrected chi connectivity index (χ2v) is 4.31. The summed E-state index contributed by atoms with van der Waals surface area (Å²) in [5.74, 6) is 0.413. The van der Waals surface area contributed by atoms with Gasteiger partial charge in [0.15, 0.2) is 6.29 Å². The Kier molecular flexibility index (Phi) is 12.2. The molecule has 0 aliphatic heterocycles. The zero-order valence-electron chi connectivity index (χ0n) is 11.6. The van der Waals surface area contributed by atoms with Crippen LogP contribution >= 0.6 is 0 Å². The maximum atomic E-state index is 8.87. The Balaban J connectivity index is 3.35. The first-order valence-corrected chi connectivity index (χ1v) is 6.79. The van der Waals surface area contributed by atoms with Crippen molar-refractivity contribution in [2.45, 2.75) is 46.3 Å². The minimum Gasteiger partial charge on any atom is -0.396 e. The first-order chi connectivity index (χ1) is 8.24. The molecule has 0 heterocycles. The van der Waals surface area contributed by atoms with Crippen molar-refractivity contribution in [2.75, 3.05) is 32.9 Å². The van der Waals surface area contributed by atoms with Gasteiger partial charge in [0, 0.05) is 26.2 Å². The van der Waals surface area contributed by atoms with Gasteiger partial charge in [0.2, 0.25) is 0 Å². The van der Waals surface area contributed by atoms with E-state index in [1.165, 1.54) is 0 Å². The molecule has 0 bridgehead atoms. The maximum absolute atomic E-state index is 8.87. The van der Waals surface area contributed by atoms with Crippen molar-refractivity contribution < 1.29 is 14.6 Å². The van der Waals surface area contributed by atoms with Gasteiger partial charge in [-0.15, -0.1) is 0 Å². The molecule has 0 aliphatic carbocycles. The van der Waals surface area contributed by atoms with Crippen molar-refractivity contribution >= 4 is 0 Å². The van der Waals surface area contributed by atoms with Gasteiger partial charge in [-0.2, -0.15) is 0 Å². The SMILES string of the molecule is CCOC(CCNCCCC(C)CO)OCC. The molecule has 0 aromatic heterocycles. The Morgan fingerprint density at radius 2 is 1.71 bits per heavy atom. The highest BCUT2D eigenvalue weighted by Crippen LogP contribution is 2.03. The number of aliphatic hydroxyl groups excluding tert-OH is 1. The molecule has 0 spiro atoms. The lowest BCUT2D eigenvalue weighted by Gasteiger charge is -2.17. The number of hydrogen-bond donors (Lipinski definition) is 2. The topological polar surface area (TPSA) is 50.7 Å². The summed E-state index contributed by atoms with van der Waals surface area (Å²) in [6.45, 7) is 9.62. The highest BCUT2D eigenvalue weighted by molar-refractivity contribution is 4.55. The summed E-state index contributed by atoms with van der Waals surface area (Å²) in [6.07, 6.45) is 2.99. The summed E-state index contributed by atoms with van der Waals surface area (Å²) in [4.78, 5) is 0. The summed E-state index contributed by atoms with van der Waals surface area (Å²) in [7, 11) is 0. The molecule has 0 aliphatic rings. The molecule has 2 N–H and O–H groups in total. The van der Waals surface area contributed by atoms with Gasteiger partial charge in [-0.3, -0.25) is 0 Å². The average molecular weight is 247 g/mol. The van der Waals surface area contributed by atoms with Crippen molar-refractivity contribution in [1.29, 1.82) is 0 Å². The summed E-state index contributed by atoms with van der Waals surface area (Å²) >= 11 is 0. The molecule has 17 heavy (non-hydrogen) atoms. The second kappa shape index (κ2) is 12.3. The Hall–Kier alpha value is -0.160. The predicted molar refractivity (Wildman–Crippen MR) is 70.0 cm³/mol. The first kappa shape index (κ1) is 16.8. The average Bonchev–Trinajstić information content (AvgIpc) is 2.33. The second-order valence-electron chi connectivity index (χ2n) is 4.31. The largest absolute Gasteiger partial charge is 0.396 e. The van der Waals surface area contributed by atoms with E-state index in [0.717, 1.165) is 32.4 Å². The van der Waals surface area contributed by atoms with Gasteiger partial charge < -0.3 is 19.9 Å². The van der Waals surface area contributed by atoms with E-state index >= 15 is 0 Å². The molecule has 0 saturated carbocycles. The Morgan fingerprint density at radius 1 is 1.06 bits per heavy atom. The van der Waals surface area contributed by atoms with Crippen LogP contribution in [0.3, 0.4) is 0 Å². The van der Waals surface area contributed by atoms with Gasteiger partial charge in [-0.25, -0.2) is 0 Å². The molecule has 1 atom stereocenters. The van der Waals surface area contributed by atoms with E-state index in [9.17, 15) is 0 Å². The molecule has 0 aromatic carbocycles. The third kappa shape index (κ3) is 10.7. The van der Waals surface area contributed by atoms with Crippen molar-refractivity contribution in [3.05, 3.63) is 0 Å². The van der Waals surface area contributed by atoms with Gasteiger partial charge in [0.1, 0.15) is 0 Å². The zero-order valence-corrected chi connectivity index (χ0v) is 11.6. The van der Waals surface area contributed by atoms with Gasteiger partial charge in [0.25, 0.3) is 0 Å². The quantitative estimate of drug-likeness (QED) is 0.408. The van der Waals surface area contributed by atoms with Crippen molar-refractivity contribution in [3.8, 4) is 0 Å². The molecule has 0 aromatic rings. The van der Waals surface area contributed by atoms with Crippen LogP contribution in [-0.4, -0.2) is 44.3 Å². The molecule has 4 heteroatoms. The van der Waals surface area contributed by atoms with E-state index in [-0.39, 0.29) is 12.9 Å². The van der Waals surface area contributed by atoms with Crippen LogP contribution in [0.15, 0.2) is 0 Å². The van der Waals surface area contributed by atoms with Gasteiger partial charge >= 0.3 is 0 Å². The molecule has 1 unspecified atom stereocenters. The fourth-order valence-electron chi connectivity index (χ4n) is 1.60. The van der Waals surface area contributed by atoms with Crippen molar-refractivity contribution in [1.82, 2.24) is 5.32 Å².